The molecule has 0 aliphatic rings. The summed E-state index contributed by atoms with van der Waals surface area (Å²) in [5.74, 6) is -0.0878. The molecule has 0 aliphatic heterocycles. The molecule has 0 spiro atoms. The van der Waals surface area contributed by atoms with Gasteiger partial charge in [-0.1, -0.05) is 23.7 Å². The van der Waals surface area contributed by atoms with Crippen molar-refractivity contribution >= 4 is 17.4 Å². The van der Waals surface area contributed by atoms with Gasteiger partial charge in [-0.2, -0.15) is 8.78 Å². The van der Waals surface area contributed by atoms with Gasteiger partial charge in [0.2, 0.25) is 0 Å². The molecule has 2 aromatic carbocycles. The minimum atomic E-state index is -2.87. The van der Waals surface area contributed by atoms with Crippen molar-refractivity contribution in [2.75, 3.05) is 0 Å². The summed E-state index contributed by atoms with van der Waals surface area (Å²) in [6.45, 7) is -2.87. The van der Waals surface area contributed by atoms with E-state index in [-0.39, 0.29) is 18.0 Å². The monoisotopic (exact) mass is 296 g/mol. The molecule has 0 N–H and O–H groups in total. The highest BCUT2D eigenvalue weighted by atomic mass is 35.5. The van der Waals surface area contributed by atoms with Crippen molar-refractivity contribution in [1.29, 1.82) is 0 Å². The zero-order valence-electron chi connectivity index (χ0n) is 10.4. The summed E-state index contributed by atoms with van der Waals surface area (Å²) in [4.78, 5) is 12.0. The standard InChI is InChI=1S/C15H11ClF2O2/c16-12-3-1-2-10(8-12)9-14(19)11-4-6-13(7-5-11)20-15(17)18/h1-8,15H,9H2. The first-order valence-electron chi connectivity index (χ1n) is 5.87. The van der Waals surface area contributed by atoms with Gasteiger partial charge in [0.1, 0.15) is 5.75 Å². The van der Waals surface area contributed by atoms with Crippen molar-refractivity contribution in [2.45, 2.75) is 13.0 Å². The Labute approximate surface area is 119 Å². The van der Waals surface area contributed by atoms with Crippen LogP contribution in [0.2, 0.25) is 5.02 Å². The minimum Gasteiger partial charge on any atom is -0.435 e. The van der Waals surface area contributed by atoms with Crippen LogP contribution in [0, 0.1) is 0 Å². The molecule has 0 aliphatic carbocycles. The molecule has 0 fully saturated rings. The number of alkyl halides is 2. The Morgan fingerprint density at radius 3 is 2.45 bits per heavy atom. The second-order valence-corrected chi connectivity index (χ2v) is 4.57. The number of ether oxygens (including phenoxy) is 1. The van der Waals surface area contributed by atoms with E-state index in [1.807, 2.05) is 0 Å². The normalized spacial score (nSPS) is 10.6. The molecule has 0 heterocycles. The van der Waals surface area contributed by atoms with Crippen LogP contribution in [-0.2, 0) is 6.42 Å². The molecule has 2 aromatic rings. The van der Waals surface area contributed by atoms with Gasteiger partial charge < -0.3 is 4.74 Å². The second kappa shape index (κ2) is 6.48. The van der Waals surface area contributed by atoms with Gasteiger partial charge in [0.25, 0.3) is 0 Å². The molecule has 5 heteroatoms. The predicted molar refractivity (Wildman–Crippen MR) is 72.6 cm³/mol. The maximum atomic E-state index is 12.0. The van der Waals surface area contributed by atoms with E-state index in [1.54, 1.807) is 24.3 Å². The highest BCUT2D eigenvalue weighted by Crippen LogP contribution is 2.17. The van der Waals surface area contributed by atoms with Crippen LogP contribution in [0.15, 0.2) is 48.5 Å². The zero-order valence-corrected chi connectivity index (χ0v) is 11.1. The van der Waals surface area contributed by atoms with Gasteiger partial charge in [-0.3, -0.25) is 4.79 Å². The number of hydrogen-bond donors (Lipinski definition) is 0. The fourth-order valence-corrected chi connectivity index (χ4v) is 1.97. The molecule has 0 aromatic heterocycles. The summed E-state index contributed by atoms with van der Waals surface area (Å²) >= 11 is 5.84. The van der Waals surface area contributed by atoms with E-state index in [2.05, 4.69) is 4.74 Å². The van der Waals surface area contributed by atoms with Gasteiger partial charge in [-0.15, -0.1) is 0 Å². The number of halogens is 3. The van der Waals surface area contributed by atoms with Gasteiger partial charge in [-0.05, 0) is 42.0 Å². The molecule has 0 amide bonds. The Balaban J connectivity index is 2.06. The largest absolute Gasteiger partial charge is 0.435 e. The van der Waals surface area contributed by atoms with Gasteiger partial charge >= 0.3 is 6.61 Å². The van der Waals surface area contributed by atoms with E-state index in [1.165, 1.54) is 24.3 Å². The van der Waals surface area contributed by atoms with Crippen LogP contribution in [0.25, 0.3) is 0 Å². The molecular formula is C15H11ClF2O2. The third-order valence-electron chi connectivity index (χ3n) is 2.66. The lowest BCUT2D eigenvalue weighted by Crippen LogP contribution is -2.05. The van der Waals surface area contributed by atoms with E-state index >= 15 is 0 Å². The number of rotatable bonds is 5. The first-order chi connectivity index (χ1) is 9.54. The van der Waals surface area contributed by atoms with Crippen LogP contribution < -0.4 is 4.74 Å². The lowest BCUT2D eigenvalue weighted by Gasteiger charge is -2.05. The zero-order chi connectivity index (χ0) is 14.5. The number of ketones is 1. The van der Waals surface area contributed by atoms with Crippen molar-refractivity contribution < 1.29 is 18.3 Å². The van der Waals surface area contributed by atoms with Crippen molar-refractivity contribution in [1.82, 2.24) is 0 Å². The Morgan fingerprint density at radius 1 is 1.15 bits per heavy atom. The SMILES string of the molecule is O=C(Cc1cccc(Cl)c1)c1ccc(OC(F)F)cc1. The molecule has 104 valence electrons. The van der Waals surface area contributed by atoms with Crippen LogP contribution in [-0.4, -0.2) is 12.4 Å². The first-order valence-corrected chi connectivity index (χ1v) is 6.25. The Morgan fingerprint density at radius 2 is 1.85 bits per heavy atom. The quantitative estimate of drug-likeness (QED) is 0.766. The molecule has 0 unspecified atom stereocenters. The van der Waals surface area contributed by atoms with E-state index in [0.717, 1.165) is 5.56 Å². The van der Waals surface area contributed by atoms with Gasteiger partial charge in [0, 0.05) is 17.0 Å². The molecular weight excluding hydrogens is 286 g/mol. The highest BCUT2D eigenvalue weighted by molar-refractivity contribution is 6.30. The van der Waals surface area contributed by atoms with Crippen LogP contribution in [0.4, 0.5) is 8.78 Å². The molecule has 0 bridgehead atoms. The van der Waals surface area contributed by atoms with E-state index in [9.17, 15) is 13.6 Å². The van der Waals surface area contributed by atoms with Crippen LogP contribution in [0.5, 0.6) is 5.75 Å². The van der Waals surface area contributed by atoms with E-state index in [0.29, 0.717) is 10.6 Å². The molecule has 0 saturated heterocycles. The summed E-state index contributed by atoms with van der Waals surface area (Å²) in [6, 6.07) is 12.6. The second-order valence-electron chi connectivity index (χ2n) is 4.13. The minimum absolute atomic E-state index is 0.0271. The molecule has 2 rings (SSSR count). The molecule has 20 heavy (non-hydrogen) atoms. The Kier molecular flexibility index (Phi) is 4.69. The summed E-state index contributed by atoms with van der Waals surface area (Å²) in [7, 11) is 0. The number of benzene rings is 2. The summed E-state index contributed by atoms with van der Waals surface area (Å²) < 4.78 is 28.2. The van der Waals surface area contributed by atoms with Gasteiger partial charge in [0.05, 0.1) is 0 Å². The predicted octanol–water partition coefficient (Wildman–Crippen LogP) is 4.37. The van der Waals surface area contributed by atoms with Crippen LogP contribution >= 0.6 is 11.6 Å². The van der Waals surface area contributed by atoms with Gasteiger partial charge in [0.15, 0.2) is 5.78 Å². The summed E-state index contributed by atoms with van der Waals surface area (Å²) in [6.07, 6.45) is 0.204. The first kappa shape index (κ1) is 14.5. The summed E-state index contributed by atoms with van der Waals surface area (Å²) in [5.41, 5.74) is 1.24. The fraction of sp³-hybridized carbons (Fsp3) is 0.133. The third-order valence-corrected chi connectivity index (χ3v) is 2.89. The van der Waals surface area contributed by atoms with Crippen LogP contribution in [0.3, 0.4) is 0 Å². The number of carbonyl (C=O) groups is 1. The molecule has 2 nitrogen and oxygen atoms in total. The maximum absolute atomic E-state index is 12.0. The lowest BCUT2D eigenvalue weighted by molar-refractivity contribution is -0.0498. The Bertz CT molecular complexity index is 597. The summed E-state index contributed by atoms with van der Waals surface area (Å²) in [5, 5.41) is 0.566. The highest BCUT2D eigenvalue weighted by Gasteiger charge is 2.09. The molecule has 0 atom stereocenters. The smallest absolute Gasteiger partial charge is 0.387 e. The lowest BCUT2D eigenvalue weighted by atomic mass is 10.0. The van der Waals surface area contributed by atoms with E-state index < -0.39 is 6.61 Å². The average Bonchev–Trinajstić information content (AvgIpc) is 2.38. The number of carbonyl (C=O) groups excluding carboxylic acids is 1. The van der Waals surface area contributed by atoms with Crippen molar-refractivity contribution in [2.24, 2.45) is 0 Å². The van der Waals surface area contributed by atoms with Gasteiger partial charge in [-0.25, -0.2) is 0 Å². The number of Topliss-reactive ketones (excluding diaryl/α,β-unsaturated/α-hetero) is 1. The fourth-order valence-electron chi connectivity index (χ4n) is 1.76. The van der Waals surface area contributed by atoms with Crippen molar-refractivity contribution in [3.8, 4) is 5.75 Å². The van der Waals surface area contributed by atoms with Crippen molar-refractivity contribution in [3.05, 3.63) is 64.7 Å². The Hall–Kier alpha value is -1.94. The maximum Gasteiger partial charge on any atom is 0.387 e. The topological polar surface area (TPSA) is 26.3 Å². The molecule has 0 saturated carbocycles. The van der Waals surface area contributed by atoms with Crippen LogP contribution in [0.1, 0.15) is 15.9 Å². The van der Waals surface area contributed by atoms with Crippen molar-refractivity contribution in [3.63, 3.8) is 0 Å². The molecule has 0 radical (unpaired) electrons. The average molecular weight is 297 g/mol. The third kappa shape index (κ3) is 4.03. The van der Waals surface area contributed by atoms with E-state index in [4.69, 9.17) is 11.6 Å². The number of hydrogen-bond acceptors (Lipinski definition) is 2.